The molecule has 11 heteroatoms. The van der Waals surface area contributed by atoms with Gasteiger partial charge in [0.2, 0.25) is 5.91 Å². The second-order valence-electron chi connectivity index (χ2n) is 7.25. The molecule has 1 atom stereocenters. The molecule has 2 N–H and O–H groups in total. The predicted octanol–water partition coefficient (Wildman–Crippen LogP) is 3.78. The van der Waals surface area contributed by atoms with Gasteiger partial charge in [0, 0.05) is 17.2 Å². The second kappa shape index (κ2) is 10.2. The maximum atomic E-state index is 14.5. The van der Waals surface area contributed by atoms with E-state index in [1.807, 2.05) is 0 Å². The number of pyridine rings is 2. The molecule has 3 aromatic rings. The molecule has 2 aromatic heterocycles. The van der Waals surface area contributed by atoms with Crippen molar-refractivity contribution < 1.29 is 23.5 Å². The van der Waals surface area contributed by atoms with E-state index in [1.54, 1.807) is 31.2 Å². The van der Waals surface area contributed by atoms with Gasteiger partial charge in [-0.15, -0.1) is 0 Å². The van der Waals surface area contributed by atoms with Crippen LogP contribution in [0.3, 0.4) is 0 Å². The zero-order valence-corrected chi connectivity index (χ0v) is 18.9. The Morgan fingerprint density at radius 3 is 2.70 bits per heavy atom. The lowest BCUT2D eigenvalue weighted by atomic mass is 10.1. The van der Waals surface area contributed by atoms with Crippen molar-refractivity contribution in [1.29, 1.82) is 0 Å². The number of hydrogen-bond acceptors (Lipinski definition) is 4. The van der Waals surface area contributed by atoms with E-state index in [1.165, 1.54) is 24.3 Å². The fourth-order valence-corrected chi connectivity index (χ4v) is 3.52. The van der Waals surface area contributed by atoms with Crippen LogP contribution in [0.1, 0.15) is 29.9 Å². The van der Waals surface area contributed by atoms with Crippen LogP contribution in [0.15, 0.2) is 65.8 Å². The van der Waals surface area contributed by atoms with Gasteiger partial charge in [0.25, 0.3) is 5.69 Å². The highest BCUT2D eigenvalue weighted by Gasteiger charge is 2.39. The van der Waals surface area contributed by atoms with Gasteiger partial charge in [-0.1, -0.05) is 35.3 Å². The van der Waals surface area contributed by atoms with E-state index in [-0.39, 0.29) is 33.4 Å². The zero-order valence-electron chi connectivity index (χ0n) is 17.4. The molecule has 7 nitrogen and oxygen atoms in total. The van der Waals surface area contributed by atoms with Crippen LogP contribution in [0.25, 0.3) is 0 Å². The van der Waals surface area contributed by atoms with Crippen LogP contribution in [-0.2, 0) is 17.1 Å². The highest BCUT2D eigenvalue weighted by molar-refractivity contribution is 6.31. The summed E-state index contributed by atoms with van der Waals surface area (Å²) in [5.74, 6) is -4.05. The average molecular weight is 497 g/mol. The van der Waals surface area contributed by atoms with Gasteiger partial charge in [-0.2, -0.15) is 18.2 Å². The van der Waals surface area contributed by atoms with Crippen LogP contribution in [-0.4, -0.2) is 22.4 Å². The molecule has 2 heterocycles. The Hall–Kier alpha value is -3.17. The smallest absolute Gasteiger partial charge is 0.350 e. The number of nitrogens with zero attached hydrogens (tertiary/aromatic N) is 3. The quantitative estimate of drug-likeness (QED) is 0.296. The summed E-state index contributed by atoms with van der Waals surface area (Å²) < 4.78 is 29.4. The number of amides is 1. The number of rotatable bonds is 7. The third kappa shape index (κ3) is 6.00. The fraction of sp³-hybridized carbons (Fsp3) is 0.227. The molecular formula is C22H20Cl2F2N4O3. The minimum Gasteiger partial charge on any atom is -0.618 e. The third-order valence-corrected chi connectivity index (χ3v) is 5.40. The highest BCUT2D eigenvalue weighted by atomic mass is 35.5. The maximum Gasteiger partial charge on any atom is 0.350 e. The molecule has 0 aliphatic heterocycles. The number of carbonyl (C=O) groups is 1. The lowest BCUT2D eigenvalue weighted by Gasteiger charge is -2.16. The molecular weight excluding hydrogens is 477 g/mol. The predicted molar refractivity (Wildman–Crippen MR) is 118 cm³/mol. The first-order valence-electron chi connectivity index (χ1n) is 9.80. The summed E-state index contributed by atoms with van der Waals surface area (Å²) in [6.07, 6.45) is 0.623. The van der Waals surface area contributed by atoms with Crippen molar-refractivity contribution in [2.24, 2.45) is 4.99 Å². The number of benzene rings is 1. The summed E-state index contributed by atoms with van der Waals surface area (Å²) >= 11 is 12.1. The summed E-state index contributed by atoms with van der Waals surface area (Å²) in [6.45, 7) is 0.663. The van der Waals surface area contributed by atoms with Crippen LogP contribution in [0.5, 0.6) is 0 Å². The average Bonchev–Trinajstić information content (AvgIpc) is 2.76. The van der Waals surface area contributed by atoms with Gasteiger partial charge in [-0.3, -0.25) is 9.79 Å². The Labute approximate surface area is 198 Å². The minimum absolute atomic E-state index is 0.0318. The lowest BCUT2D eigenvalue weighted by molar-refractivity contribution is -0.624. The van der Waals surface area contributed by atoms with Crippen LogP contribution >= 0.6 is 23.2 Å². The first-order valence-corrected chi connectivity index (χ1v) is 10.6. The molecule has 0 bridgehead atoms. The van der Waals surface area contributed by atoms with E-state index >= 15 is 0 Å². The molecule has 0 aliphatic rings. The topological polar surface area (TPSA) is 93.6 Å². The molecule has 0 radical (unpaired) electrons. The molecule has 0 saturated carbocycles. The molecule has 0 fully saturated rings. The molecule has 0 aliphatic carbocycles. The second-order valence-corrected chi connectivity index (χ2v) is 8.09. The van der Waals surface area contributed by atoms with Gasteiger partial charge in [0.15, 0.2) is 11.7 Å². The van der Waals surface area contributed by atoms with Crippen molar-refractivity contribution >= 4 is 29.1 Å². The van der Waals surface area contributed by atoms with E-state index in [0.29, 0.717) is 9.75 Å². The largest absolute Gasteiger partial charge is 0.618 e. The Morgan fingerprint density at radius 2 is 2.00 bits per heavy atom. The summed E-state index contributed by atoms with van der Waals surface area (Å²) in [5.41, 5.74) is -0.281. The van der Waals surface area contributed by atoms with Gasteiger partial charge in [0.05, 0.1) is 23.2 Å². The third-order valence-electron chi connectivity index (χ3n) is 4.82. The van der Waals surface area contributed by atoms with Crippen LogP contribution in [0.4, 0.5) is 8.78 Å². The molecule has 0 spiro atoms. The zero-order chi connectivity index (χ0) is 24.2. The number of aromatic nitrogens is 2. The van der Waals surface area contributed by atoms with Crippen molar-refractivity contribution in [3.05, 3.63) is 98.5 Å². The van der Waals surface area contributed by atoms with Gasteiger partial charge >= 0.3 is 5.92 Å². The van der Waals surface area contributed by atoms with E-state index in [0.717, 1.165) is 17.8 Å². The van der Waals surface area contributed by atoms with Crippen molar-refractivity contribution in [3.8, 4) is 0 Å². The Kier molecular flexibility index (Phi) is 7.55. The Morgan fingerprint density at radius 1 is 1.24 bits per heavy atom. The number of nitrogens with one attached hydrogen (secondary N) is 1. The van der Waals surface area contributed by atoms with Crippen LogP contribution < -0.4 is 15.5 Å². The monoisotopic (exact) mass is 496 g/mol. The van der Waals surface area contributed by atoms with E-state index in [9.17, 15) is 24.0 Å². The summed E-state index contributed by atoms with van der Waals surface area (Å²) in [4.78, 5) is 16.2. The number of hydrogen-bond donors (Lipinski definition) is 2. The first kappa shape index (κ1) is 24.5. The summed E-state index contributed by atoms with van der Waals surface area (Å²) in [5, 5.41) is 25.4. The molecule has 33 heavy (non-hydrogen) atoms. The van der Waals surface area contributed by atoms with E-state index < -0.39 is 24.1 Å². The molecule has 1 amide bonds. The Bertz CT molecular complexity index is 1230. The highest BCUT2D eigenvalue weighted by Crippen LogP contribution is 2.25. The van der Waals surface area contributed by atoms with E-state index in [2.05, 4.69) is 10.3 Å². The molecule has 0 saturated heterocycles. The van der Waals surface area contributed by atoms with Crippen molar-refractivity contribution in [3.63, 3.8) is 0 Å². The number of halogens is 4. The van der Waals surface area contributed by atoms with E-state index in [4.69, 9.17) is 23.2 Å². The first-order chi connectivity index (χ1) is 15.6. The minimum atomic E-state index is -3.58. The normalized spacial score (nSPS) is 13.1. The fourth-order valence-electron chi connectivity index (χ4n) is 3.11. The van der Waals surface area contributed by atoms with Crippen molar-refractivity contribution in [2.75, 3.05) is 6.54 Å². The van der Waals surface area contributed by atoms with Gasteiger partial charge in [0.1, 0.15) is 6.54 Å². The number of alkyl halides is 2. The maximum absolute atomic E-state index is 14.5. The molecule has 1 aromatic carbocycles. The van der Waals surface area contributed by atoms with Gasteiger partial charge < -0.3 is 15.7 Å². The van der Waals surface area contributed by atoms with Crippen LogP contribution in [0.2, 0.25) is 10.0 Å². The SMILES string of the molecule is CC(NC(=O)Cc1c(Cl)ccc(=NCC(F)(F)c2cccc[n+]2[O-])n1O)c1cccc(Cl)c1. The van der Waals surface area contributed by atoms with Gasteiger partial charge in [-0.05, 0) is 42.8 Å². The van der Waals surface area contributed by atoms with Crippen LogP contribution in [0, 0.1) is 5.21 Å². The van der Waals surface area contributed by atoms with Crippen molar-refractivity contribution in [1.82, 2.24) is 10.0 Å². The molecule has 3 rings (SSSR count). The van der Waals surface area contributed by atoms with Gasteiger partial charge in [-0.25, -0.2) is 0 Å². The number of carbonyl (C=O) groups excluding carboxylic acids is 1. The molecule has 174 valence electrons. The van der Waals surface area contributed by atoms with Crippen molar-refractivity contribution in [2.45, 2.75) is 25.3 Å². The lowest BCUT2D eigenvalue weighted by Crippen LogP contribution is -2.39. The summed E-state index contributed by atoms with van der Waals surface area (Å²) in [7, 11) is 0. The summed E-state index contributed by atoms with van der Waals surface area (Å²) in [6, 6.07) is 12.8. The standard InChI is InChI=1S/C22H20Cl2F2N4O3/c1-14(15-5-4-6-16(23)11-15)28-21(31)12-18-17(24)8-9-20(30(18)33)27-13-22(25,26)19-7-2-3-10-29(19)32/h2-11,14,33H,12-13H2,1H3,(H,28,31). The molecule has 1 unspecified atom stereocenters. The Balaban J connectivity index is 1.79.